The van der Waals surface area contributed by atoms with E-state index in [-0.39, 0.29) is 10.6 Å². The van der Waals surface area contributed by atoms with Crippen LogP contribution >= 0.6 is 11.6 Å². The molecule has 122 valence electrons. The minimum absolute atomic E-state index is 0.0709. The molecule has 0 amide bonds. The first kappa shape index (κ1) is 15.8. The van der Waals surface area contributed by atoms with Gasteiger partial charge in [0.2, 0.25) is 0 Å². The van der Waals surface area contributed by atoms with Gasteiger partial charge in [0.1, 0.15) is 5.69 Å². The SMILES string of the molecule is O=C(O)c1cc(NCc2cn(CC3CCOC3)nn2)ccc1Cl. The summed E-state index contributed by atoms with van der Waals surface area (Å²) in [5.41, 5.74) is 1.53. The fraction of sp³-hybridized carbons (Fsp3) is 0.400. The van der Waals surface area contributed by atoms with E-state index in [4.69, 9.17) is 21.4 Å². The van der Waals surface area contributed by atoms with Crippen LogP contribution in [0.4, 0.5) is 5.69 Å². The summed E-state index contributed by atoms with van der Waals surface area (Å²) in [5, 5.41) is 20.6. The van der Waals surface area contributed by atoms with Crippen LogP contribution in [0.3, 0.4) is 0 Å². The van der Waals surface area contributed by atoms with E-state index in [2.05, 4.69) is 15.6 Å². The smallest absolute Gasteiger partial charge is 0.337 e. The average molecular weight is 337 g/mol. The standard InChI is InChI=1S/C15H17ClN4O3/c16-14-2-1-11(5-13(14)15(21)22)17-6-12-8-20(19-18-12)7-10-3-4-23-9-10/h1-2,5,8,10,17H,3-4,6-7,9H2,(H,21,22). The Kier molecular flexibility index (Phi) is 4.78. The number of carbonyl (C=O) groups is 1. The number of halogens is 1. The Balaban J connectivity index is 1.59. The predicted octanol–water partition coefficient (Wildman–Crippen LogP) is 2.28. The first-order valence-corrected chi connectivity index (χ1v) is 7.73. The molecule has 1 fully saturated rings. The van der Waals surface area contributed by atoms with Crippen LogP contribution in [0, 0.1) is 5.92 Å². The van der Waals surface area contributed by atoms with Gasteiger partial charge in [-0.25, -0.2) is 4.79 Å². The van der Waals surface area contributed by atoms with Gasteiger partial charge in [0.15, 0.2) is 0 Å². The Bertz CT molecular complexity index is 698. The number of benzene rings is 1. The highest BCUT2D eigenvalue weighted by molar-refractivity contribution is 6.33. The molecule has 0 bridgehead atoms. The van der Waals surface area contributed by atoms with Crippen LogP contribution in [0.5, 0.6) is 0 Å². The molecule has 2 N–H and O–H groups in total. The van der Waals surface area contributed by atoms with Crippen molar-refractivity contribution < 1.29 is 14.6 Å². The summed E-state index contributed by atoms with van der Waals surface area (Å²) >= 11 is 5.85. The predicted molar refractivity (Wildman–Crippen MR) is 84.7 cm³/mol. The van der Waals surface area contributed by atoms with E-state index in [1.54, 1.807) is 12.1 Å². The number of carboxylic acid groups (broad SMARTS) is 1. The molecule has 1 aliphatic heterocycles. The Morgan fingerprint density at radius 2 is 2.39 bits per heavy atom. The zero-order valence-electron chi connectivity index (χ0n) is 12.4. The first-order valence-electron chi connectivity index (χ1n) is 7.35. The van der Waals surface area contributed by atoms with E-state index in [1.807, 2.05) is 10.9 Å². The number of rotatable bonds is 6. The second-order valence-corrected chi connectivity index (χ2v) is 5.92. The average Bonchev–Trinajstić information content (AvgIpc) is 3.18. The van der Waals surface area contributed by atoms with Crippen molar-refractivity contribution in [2.24, 2.45) is 5.92 Å². The second kappa shape index (κ2) is 6.97. The zero-order chi connectivity index (χ0) is 16.2. The number of ether oxygens (including phenoxy) is 1. The summed E-state index contributed by atoms with van der Waals surface area (Å²) in [6.07, 6.45) is 2.94. The number of hydrogen-bond donors (Lipinski definition) is 2. The molecule has 0 spiro atoms. The molecular weight excluding hydrogens is 320 g/mol. The van der Waals surface area contributed by atoms with Crippen LogP contribution in [0.25, 0.3) is 0 Å². The van der Waals surface area contributed by atoms with E-state index in [9.17, 15) is 4.79 Å². The van der Waals surface area contributed by atoms with E-state index in [1.165, 1.54) is 6.07 Å². The highest BCUT2D eigenvalue weighted by Gasteiger charge is 2.17. The molecule has 3 rings (SSSR count). The molecule has 1 aromatic heterocycles. The third-order valence-electron chi connectivity index (χ3n) is 3.73. The van der Waals surface area contributed by atoms with Crippen molar-refractivity contribution in [3.05, 3.63) is 40.7 Å². The van der Waals surface area contributed by atoms with Gasteiger partial charge in [-0.1, -0.05) is 16.8 Å². The number of carboxylic acids is 1. The fourth-order valence-electron chi connectivity index (χ4n) is 2.49. The number of nitrogens with one attached hydrogen (secondary N) is 1. The minimum atomic E-state index is -1.05. The molecular formula is C15H17ClN4O3. The van der Waals surface area contributed by atoms with Crippen LogP contribution in [0.2, 0.25) is 5.02 Å². The quantitative estimate of drug-likeness (QED) is 0.841. The molecule has 23 heavy (non-hydrogen) atoms. The van der Waals surface area contributed by atoms with E-state index in [0.717, 1.165) is 31.9 Å². The lowest BCUT2D eigenvalue weighted by atomic mass is 10.1. The second-order valence-electron chi connectivity index (χ2n) is 5.51. The maximum absolute atomic E-state index is 11.1. The minimum Gasteiger partial charge on any atom is -0.478 e. The third kappa shape index (κ3) is 4.00. The summed E-state index contributed by atoms with van der Waals surface area (Å²) in [6.45, 7) is 2.85. The summed E-state index contributed by atoms with van der Waals surface area (Å²) < 4.78 is 7.17. The Labute approximate surface area is 138 Å². The van der Waals surface area contributed by atoms with Gasteiger partial charge >= 0.3 is 5.97 Å². The lowest BCUT2D eigenvalue weighted by Crippen LogP contribution is -2.11. The molecule has 0 saturated carbocycles. The summed E-state index contributed by atoms with van der Waals surface area (Å²) in [6, 6.07) is 4.80. The normalized spacial score (nSPS) is 17.3. The van der Waals surface area contributed by atoms with Gasteiger partial charge in [-0.15, -0.1) is 5.10 Å². The molecule has 1 aliphatic rings. The van der Waals surface area contributed by atoms with Crippen LogP contribution in [0.1, 0.15) is 22.5 Å². The van der Waals surface area contributed by atoms with Crippen LogP contribution < -0.4 is 5.32 Å². The fourth-order valence-corrected chi connectivity index (χ4v) is 2.69. The molecule has 2 heterocycles. The van der Waals surface area contributed by atoms with E-state index < -0.39 is 5.97 Å². The Morgan fingerprint density at radius 3 is 3.13 bits per heavy atom. The van der Waals surface area contributed by atoms with Crippen molar-refractivity contribution in [1.29, 1.82) is 0 Å². The van der Waals surface area contributed by atoms with Crippen molar-refractivity contribution in [2.75, 3.05) is 18.5 Å². The first-order chi connectivity index (χ1) is 11.1. The number of aromatic carboxylic acids is 1. The van der Waals surface area contributed by atoms with E-state index >= 15 is 0 Å². The highest BCUT2D eigenvalue weighted by Crippen LogP contribution is 2.21. The molecule has 7 nitrogen and oxygen atoms in total. The number of hydrogen-bond acceptors (Lipinski definition) is 5. The molecule has 1 atom stereocenters. The van der Waals surface area contributed by atoms with Crippen molar-refractivity contribution in [1.82, 2.24) is 15.0 Å². The topological polar surface area (TPSA) is 89.3 Å². The van der Waals surface area contributed by atoms with Crippen molar-refractivity contribution in [3.8, 4) is 0 Å². The molecule has 0 aliphatic carbocycles. The number of anilines is 1. The lowest BCUT2D eigenvalue weighted by molar-refractivity contribution is 0.0697. The van der Waals surface area contributed by atoms with Gasteiger partial charge in [0, 0.05) is 24.8 Å². The Morgan fingerprint density at radius 1 is 1.52 bits per heavy atom. The van der Waals surface area contributed by atoms with Gasteiger partial charge in [-0.2, -0.15) is 0 Å². The molecule has 1 unspecified atom stereocenters. The van der Waals surface area contributed by atoms with E-state index in [0.29, 0.717) is 18.2 Å². The molecule has 0 radical (unpaired) electrons. The molecule has 1 aromatic carbocycles. The summed E-state index contributed by atoms with van der Waals surface area (Å²) in [5.74, 6) is -0.560. The van der Waals surface area contributed by atoms with Gasteiger partial charge in [-0.3, -0.25) is 4.68 Å². The van der Waals surface area contributed by atoms with Crippen molar-refractivity contribution >= 4 is 23.3 Å². The maximum atomic E-state index is 11.1. The van der Waals surface area contributed by atoms with Crippen molar-refractivity contribution in [2.45, 2.75) is 19.5 Å². The van der Waals surface area contributed by atoms with Crippen LogP contribution in [-0.4, -0.2) is 39.3 Å². The van der Waals surface area contributed by atoms with Crippen LogP contribution in [-0.2, 0) is 17.8 Å². The Hall–Kier alpha value is -2.12. The number of nitrogens with zero attached hydrogens (tertiary/aromatic N) is 3. The monoisotopic (exact) mass is 336 g/mol. The maximum Gasteiger partial charge on any atom is 0.337 e. The molecule has 8 heteroatoms. The largest absolute Gasteiger partial charge is 0.478 e. The number of aromatic nitrogens is 3. The third-order valence-corrected chi connectivity index (χ3v) is 4.06. The van der Waals surface area contributed by atoms with Gasteiger partial charge < -0.3 is 15.2 Å². The highest BCUT2D eigenvalue weighted by atomic mass is 35.5. The van der Waals surface area contributed by atoms with Gasteiger partial charge in [0.25, 0.3) is 0 Å². The van der Waals surface area contributed by atoms with Gasteiger partial charge in [-0.05, 0) is 24.6 Å². The molecule has 1 saturated heterocycles. The van der Waals surface area contributed by atoms with Crippen LogP contribution in [0.15, 0.2) is 24.4 Å². The molecule has 2 aromatic rings. The summed E-state index contributed by atoms with van der Waals surface area (Å²) in [4.78, 5) is 11.1. The zero-order valence-corrected chi connectivity index (χ0v) is 13.2. The summed E-state index contributed by atoms with van der Waals surface area (Å²) in [7, 11) is 0. The van der Waals surface area contributed by atoms with Gasteiger partial charge in [0.05, 0.1) is 29.9 Å². The lowest BCUT2D eigenvalue weighted by Gasteiger charge is -2.07. The van der Waals surface area contributed by atoms with Crippen molar-refractivity contribution in [3.63, 3.8) is 0 Å².